The van der Waals surface area contributed by atoms with Crippen molar-refractivity contribution in [2.24, 2.45) is 0 Å². The SMILES string of the molecule is C=CCC(NC(=O)Nc1ccc(C)cc1)C(=O)O. The van der Waals surface area contributed by atoms with Crippen LogP contribution in [0.15, 0.2) is 36.9 Å². The van der Waals surface area contributed by atoms with Crippen LogP contribution in [0.25, 0.3) is 0 Å². The van der Waals surface area contributed by atoms with Gasteiger partial charge in [0, 0.05) is 5.69 Å². The Balaban J connectivity index is 2.57. The summed E-state index contributed by atoms with van der Waals surface area (Å²) < 4.78 is 0. The van der Waals surface area contributed by atoms with Crippen LogP contribution in [-0.4, -0.2) is 23.1 Å². The molecule has 18 heavy (non-hydrogen) atoms. The maximum atomic E-state index is 11.6. The van der Waals surface area contributed by atoms with Crippen molar-refractivity contribution in [3.8, 4) is 0 Å². The Bertz CT molecular complexity index is 440. The van der Waals surface area contributed by atoms with E-state index in [1.54, 1.807) is 12.1 Å². The number of carbonyl (C=O) groups excluding carboxylic acids is 1. The summed E-state index contributed by atoms with van der Waals surface area (Å²) in [5.41, 5.74) is 1.69. The fourth-order valence-electron chi connectivity index (χ4n) is 1.35. The second kappa shape index (κ2) is 6.44. The number of aliphatic carboxylic acids is 1. The van der Waals surface area contributed by atoms with E-state index in [9.17, 15) is 9.59 Å². The van der Waals surface area contributed by atoms with E-state index in [0.717, 1.165) is 5.56 Å². The smallest absolute Gasteiger partial charge is 0.326 e. The molecular formula is C13H16N2O3. The van der Waals surface area contributed by atoms with Crippen molar-refractivity contribution >= 4 is 17.7 Å². The highest BCUT2D eigenvalue weighted by atomic mass is 16.4. The summed E-state index contributed by atoms with van der Waals surface area (Å²) in [4.78, 5) is 22.4. The molecule has 1 rings (SSSR count). The molecule has 96 valence electrons. The molecule has 1 atom stereocenters. The summed E-state index contributed by atoms with van der Waals surface area (Å²) in [7, 11) is 0. The molecule has 2 amide bonds. The van der Waals surface area contributed by atoms with Crippen molar-refractivity contribution in [2.45, 2.75) is 19.4 Å². The largest absolute Gasteiger partial charge is 0.480 e. The van der Waals surface area contributed by atoms with Crippen LogP contribution in [-0.2, 0) is 4.79 Å². The molecule has 0 fully saturated rings. The number of hydrogen-bond donors (Lipinski definition) is 3. The van der Waals surface area contributed by atoms with Crippen LogP contribution in [0, 0.1) is 6.92 Å². The zero-order chi connectivity index (χ0) is 13.5. The summed E-state index contributed by atoms with van der Waals surface area (Å²) in [5.74, 6) is -1.09. The van der Waals surface area contributed by atoms with Gasteiger partial charge in [-0.1, -0.05) is 23.8 Å². The van der Waals surface area contributed by atoms with Gasteiger partial charge in [0.25, 0.3) is 0 Å². The summed E-state index contributed by atoms with van der Waals surface area (Å²) in [6, 6.07) is 5.69. The fourth-order valence-corrected chi connectivity index (χ4v) is 1.35. The molecule has 0 aliphatic heterocycles. The van der Waals surface area contributed by atoms with Gasteiger partial charge < -0.3 is 15.7 Å². The van der Waals surface area contributed by atoms with E-state index < -0.39 is 18.0 Å². The standard InChI is InChI=1S/C13H16N2O3/c1-3-4-11(12(16)17)15-13(18)14-10-7-5-9(2)6-8-10/h3,5-8,11H,1,4H2,2H3,(H,16,17)(H2,14,15,18). The fraction of sp³-hybridized carbons (Fsp3) is 0.231. The predicted molar refractivity (Wildman–Crippen MR) is 69.6 cm³/mol. The maximum Gasteiger partial charge on any atom is 0.326 e. The molecule has 0 saturated heterocycles. The van der Waals surface area contributed by atoms with Crippen molar-refractivity contribution in [3.63, 3.8) is 0 Å². The zero-order valence-corrected chi connectivity index (χ0v) is 10.1. The molecule has 0 saturated carbocycles. The van der Waals surface area contributed by atoms with Gasteiger partial charge in [-0.15, -0.1) is 6.58 Å². The topological polar surface area (TPSA) is 78.4 Å². The average molecular weight is 248 g/mol. The van der Waals surface area contributed by atoms with Gasteiger partial charge in [0.1, 0.15) is 6.04 Å². The van der Waals surface area contributed by atoms with Crippen LogP contribution in [0.4, 0.5) is 10.5 Å². The van der Waals surface area contributed by atoms with E-state index in [4.69, 9.17) is 5.11 Å². The van der Waals surface area contributed by atoms with Gasteiger partial charge in [-0.25, -0.2) is 9.59 Å². The van der Waals surface area contributed by atoms with Gasteiger partial charge in [-0.05, 0) is 25.5 Å². The summed E-state index contributed by atoms with van der Waals surface area (Å²) in [6.45, 7) is 5.39. The molecule has 0 aliphatic rings. The molecule has 1 unspecified atom stereocenters. The van der Waals surface area contributed by atoms with Crippen LogP contribution in [0.3, 0.4) is 0 Å². The van der Waals surface area contributed by atoms with E-state index >= 15 is 0 Å². The Morgan fingerprint density at radius 1 is 1.39 bits per heavy atom. The van der Waals surface area contributed by atoms with Crippen LogP contribution in [0.2, 0.25) is 0 Å². The quantitative estimate of drug-likeness (QED) is 0.698. The van der Waals surface area contributed by atoms with Gasteiger partial charge in [0.05, 0.1) is 0 Å². The number of hydrogen-bond acceptors (Lipinski definition) is 2. The first-order chi connectivity index (χ1) is 8.52. The Labute approximate surface area is 106 Å². The van der Waals surface area contributed by atoms with Gasteiger partial charge in [-0.2, -0.15) is 0 Å². The van der Waals surface area contributed by atoms with E-state index in [0.29, 0.717) is 5.69 Å². The number of anilines is 1. The van der Waals surface area contributed by atoms with Crippen molar-refractivity contribution in [3.05, 3.63) is 42.5 Å². The molecule has 5 heteroatoms. The Morgan fingerprint density at radius 3 is 2.50 bits per heavy atom. The van der Waals surface area contributed by atoms with Gasteiger partial charge in [0.15, 0.2) is 0 Å². The van der Waals surface area contributed by atoms with E-state index in [1.165, 1.54) is 6.08 Å². The monoisotopic (exact) mass is 248 g/mol. The van der Waals surface area contributed by atoms with E-state index in [-0.39, 0.29) is 6.42 Å². The molecule has 0 aromatic heterocycles. The molecule has 0 heterocycles. The number of benzene rings is 1. The van der Waals surface area contributed by atoms with Gasteiger partial charge in [-0.3, -0.25) is 0 Å². The lowest BCUT2D eigenvalue weighted by molar-refractivity contribution is -0.139. The van der Waals surface area contributed by atoms with Crippen molar-refractivity contribution in [2.75, 3.05) is 5.32 Å². The second-order valence-corrected chi connectivity index (χ2v) is 3.88. The zero-order valence-electron chi connectivity index (χ0n) is 10.1. The molecule has 3 N–H and O–H groups in total. The first-order valence-corrected chi connectivity index (χ1v) is 5.51. The third-order valence-electron chi connectivity index (χ3n) is 2.32. The van der Waals surface area contributed by atoms with Gasteiger partial charge >= 0.3 is 12.0 Å². The number of amides is 2. The number of urea groups is 1. The lowest BCUT2D eigenvalue weighted by atomic mass is 10.2. The molecule has 0 radical (unpaired) electrons. The van der Waals surface area contributed by atoms with Crippen molar-refractivity contribution < 1.29 is 14.7 Å². The minimum Gasteiger partial charge on any atom is -0.480 e. The molecule has 1 aromatic carbocycles. The highest BCUT2D eigenvalue weighted by molar-refractivity contribution is 5.92. The van der Waals surface area contributed by atoms with E-state index in [2.05, 4.69) is 17.2 Å². The maximum absolute atomic E-state index is 11.6. The number of carboxylic acid groups (broad SMARTS) is 1. The van der Waals surface area contributed by atoms with Crippen LogP contribution in [0.1, 0.15) is 12.0 Å². The number of nitrogens with one attached hydrogen (secondary N) is 2. The van der Waals surface area contributed by atoms with Crippen molar-refractivity contribution in [1.29, 1.82) is 0 Å². The lowest BCUT2D eigenvalue weighted by Crippen LogP contribution is -2.42. The minimum absolute atomic E-state index is 0.177. The van der Waals surface area contributed by atoms with Crippen LogP contribution in [0.5, 0.6) is 0 Å². The molecule has 1 aromatic rings. The Morgan fingerprint density at radius 2 is 2.00 bits per heavy atom. The third kappa shape index (κ3) is 4.29. The van der Waals surface area contributed by atoms with E-state index in [1.807, 2.05) is 19.1 Å². The minimum atomic E-state index is -1.09. The number of rotatable bonds is 5. The number of carboxylic acids is 1. The Kier molecular flexibility index (Phi) is 4.92. The Hall–Kier alpha value is -2.30. The summed E-state index contributed by atoms with van der Waals surface area (Å²) in [5, 5.41) is 13.8. The number of aryl methyl sites for hydroxylation is 1. The van der Waals surface area contributed by atoms with Crippen LogP contribution >= 0.6 is 0 Å². The van der Waals surface area contributed by atoms with Crippen LogP contribution < -0.4 is 10.6 Å². The molecule has 0 spiro atoms. The van der Waals surface area contributed by atoms with Gasteiger partial charge in [0.2, 0.25) is 0 Å². The highest BCUT2D eigenvalue weighted by Gasteiger charge is 2.17. The summed E-state index contributed by atoms with van der Waals surface area (Å²) >= 11 is 0. The molecule has 5 nitrogen and oxygen atoms in total. The predicted octanol–water partition coefficient (Wildman–Crippen LogP) is 2.15. The lowest BCUT2D eigenvalue weighted by Gasteiger charge is -2.13. The average Bonchev–Trinajstić information content (AvgIpc) is 2.31. The molecular weight excluding hydrogens is 232 g/mol. The van der Waals surface area contributed by atoms with Crippen molar-refractivity contribution in [1.82, 2.24) is 5.32 Å². The summed E-state index contributed by atoms with van der Waals surface area (Å²) in [6.07, 6.45) is 1.63. The molecule has 0 aliphatic carbocycles. The molecule has 0 bridgehead atoms. The first kappa shape index (κ1) is 13.8. The third-order valence-corrected chi connectivity index (χ3v) is 2.32. The second-order valence-electron chi connectivity index (χ2n) is 3.88. The normalized spacial score (nSPS) is 11.4. The highest BCUT2D eigenvalue weighted by Crippen LogP contribution is 2.08. The number of carbonyl (C=O) groups is 2. The first-order valence-electron chi connectivity index (χ1n) is 5.51.